The topological polar surface area (TPSA) is 44.5 Å². The Labute approximate surface area is 162 Å². The van der Waals surface area contributed by atoms with E-state index < -0.39 is 0 Å². The highest BCUT2D eigenvalue weighted by Gasteiger charge is 2.46. The summed E-state index contributed by atoms with van der Waals surface area (Å²) in [5, 5.41) is 15.1. The number of likely N-dealkylation sites (N-methyl/N-ethyl adjacent to an activating group) is 1. The number of likely N-dealkylation sites (tertiary alicyclic amines) is 2. The Kier molecular flexibility index (Phi) is 5.10. The Morgan fingerprint density at radius 1 is 1.15 bits per heavy atom. The van der Waals surface area contributed by atoms with Gasteiger partial charge in [0.15, 0.2) is 0 Å². The second-order valence-electron chi connectivity index (χ2n) is 8.52. The number of rotatable bonds is 4. The molecule has 5 nitrogen and oxygen atoms in total. The van der Waals surface area contributed by atoms with E-state index in [2.05, 4.69) is 59.6 Å². The zero-order valence-electron chi connectivity index (χ0n) is 16.9. The average molecular weight is 369 g/mol. The minimum atomic E-state index is 0.0714. The Bertz CT molecular complexity index is 787. The van der Waals surface area contributed by atoms with Crippen molar-refractivity contribution < 1.29 is 5.11 Å². The van der Waals surface area contributed by atoms with E-state index in [0.717, 1.165) is 50.4 Å². The minimum absolute atomic E-state index is 0.0714. The van der Waals surface area contributed by atoms with Gasteiger partial charge < -0.3 is 10.0 Å². The van der Waals surface area contributed by atoms with Crippen molar-refractivity contribution in [2.24, 2.45) is 5.41 Å². The number of hydrogen-bond donors (Lipinski definition) is 1. The molecule has 0 unspecified atom stereocenters. The van der Waals surface area contributed by atoms with Gasteiger partial charge in [-0.25, -0.2) is 4.68 Å². The lowest BCUT2D eigenvalue weighted by molar-refractivity contribution is -0.0745. The van der Waals surface area contributed by atoms with Gasteiger partial charge in [0.1, 0.15) is 0 Å². The fourth-order valence-corrected chi connectivity index (χ4v) is 5.12. The summed E-state index contributed by atoms with van der Waals surface area (Å²) in [5.74, 6) is 0. The maximum absolute atomic E-state index is 10.2. The van der Waals surface area contributed by atoms with Gasteiger partial charge in [0.05, 0.1) is 18.0 Å². The quantitative estimate of drug-likeness (QED) is 0.901. The van der Waals surface area contributed by atoms with Crippen molar-refractivity contribution >= 4 is 0 Å². The molecule has 146 valence electrons. The van der Waals surface area contributed by atoms with Crippen LogP contribution in [0, 0.1) is 19.3 Å². The third-order valence-electron chi connectivity index (χ3n) is 6.86. The molecule has 3 heterocycles. The summed E-state index contributed by atoms with van der Waals surface area (Å²) in [4.78, 5) is 5.03. The molecule has 5 heteroatoms. The van der Waals surface area contributed by atoms with Crippen LogP contribution in [0.5, 0.6) is 0 Å². The second kappa shape index (κ2) is 7.38. The number of hydrogen-bond acceptors (Lipinski definition) is 4. The van der Waals surface area contributed by atoms with Crippen LogP contribution in [0.2, 0.25) is 0 Å². The third-order valence-corrected chi connectivity index (χ3v) is 6.86. The predicted molar refractivity (Wildman–Crippen MR) is 108 cm³/mol. The molecule has 0 amide bonds. The average Bonchev–Trinajstić information content (AvgIpc) is 2.97. The van der Waals surface area contributed by atoms with Crippen molar-refractivity contribution in [2.75, 3.05) is 33.3 Å². The van der Waals surface area contributed by atoms with E-state index in [0.29, 0.717) is 12.6 Å². The van der Waals surface area contributed by atoms with E-state index in [1.165, 1.54) is 17.7 Å². The number of aliphatic hydroxyl groups excluding tert-OH is 1. The summed E-state index contributed by atoms with van der Waals surface area (Å²) >= 11 is 0. The zero-order chi connectivity index (χ0) is 19.0. The van der Waals surface area contributed by atoms with Gasteiger partial charge in [0.2, 0.25) is 0 Å². The minimum Gasteiger partial charge on any atom is -0.396 e. The molecule has 1 N–H and O–H groups in total. The van der Waals surface area contributed by atoms with Crippen molar-refractivity contribution in [1.82, 2.24) is 19.6 Å². The van der Waals surface area contributed by atoms with Crippen LogP contribution in [0.25, 0.3) is 5.69 Å². The highest BCUT2D eigenvalue weighted by atomic mass is 16.3. The van der Waals surface area contributed by atoms with Crippen LogP contribution in [0.1, 0.15) is 36.2 Å². The number of para-hydroxylation sites is 1. The van der Waals surface area contributed by atoms with E-state index >= 15 is 0 Å². The lowest BCUT2D eigenvalue weighted by Gasteiger charge is -2.54. The summed E-state index contributed by atoms with van der Waals surface area (Å²) in [6, 6.07) is 10.8. The normalized spacial score (nSPS) is 26.9. The fraction of sp³-hybridized carbons (Fsp3) is 0.591. The Morgan fingerprint density at radius 3 is 2.67 bits per heavy atom. The maximum Gasteiger partial charge on any atom is 0.0648 e. The highest BCUT2D eigenvalue weighted by molar-refractivity contribution is 5.37. The van der Waals surface area contributed by atoms with E-state index in [-0.39, 0.29) is 5.41 Å². The van der Waals surface area contributed by atoms with Crippen molar-refractivity contribution in [3.05, 3.63) is 47.3 Å². The molecular formula is C22H32N4O. The number of nitrogens with zero attached hydrogens (tertiary/aromatic N) is 4. The van der Waals surface area contributed by atoms with Gasteiger partial charge in [-0.15, -0.1) is 0 Å². The van der Waals surface area contributed by atoms with Gasteiger partial charge >= 0.3 is 0 Å². The Balaban J connectivity index is 1.63. The number of aryl methyl sites for hydroxylation is 1. The second-order valence-corrected chi connectivity index (χ2v) is 8.52. The molecule has 0 bridgehead atoms. The summed E-state index contributed by atoms with van der Waals surface area (Å²) in [6.07, 6.45) is 3.42. The first-order chi connectivity index (χ1) is 13.0. The summed E-state index contributed by atoms with van der Waals surface area (Å²) in [5.41, 5.74) is 4.86. The van der Waals surface area contributed by atoms with Crippen LogP contribution >= 0.6 is 0 Å². The smallest absolute Gasteiger partial charge is 0.0648 e. The van der Waals surface area contributed by atoms with Crippen molar-refractivity contribution in [2.45, 2.75) is 45.7 Å². The predicted octanol–water partition coefficient (Wildman–Crippen LogP) is 2.77. The van der Waals surface area contributed by atoms with E-state index in [9.17, 15) is 5.11 Å². The van der Waals surface area contributed by atoms with Gasteiger partial charge in [-0.05, 0) is 65.4 Å². The lowest BCUT2D eigenvalue weighted by Crippen LogP contribution is -2.61. The van der Waals surface area contributed by atoms with Crippen LogP contribution in [0.4, 0.5) is 0 Å². The molecule has 2 aromatic rings. The number of aliphatic hydroxyl groups is 1. The Hall–Kier alpha value is -1.69. The van der Waals surface area contributed by atoms with Crippen LogP contribution < -0.4 is 0 Å². The molecule has 2 aliphatic rings. The SMILES string of the molecule is Cc1nn(-c2ccccc2)c(C)c1CN1CCC[C@]2(CO)CCN(C)C[C@@H]12. The molecule has 0 aliphatic carbocycles. The molecule has 27 heavy (non-hydrogen) atoms. The first-order valence-corrected chi connectivity index (χ1v) is 10.2. The van der Waals surface area contributed by atoms with Gasteiger partial charge in [0.25, 0.3) is 0 Å². The molecule has 0 radical (unpaired) electrons. The summed E-state index contributed by atoms with van der Waals surface area (Å²) < 4.78 is 2.07. The molecule has 2 atom stereocenters. The highest BCUT2D eigenvalue weighted by Crippen LogP contribution is 2.42. The van der Waals surface area contributed by atoms with Crippen LogP contribution in [0.3, 0.4) is 0 Å². The fourth-order valence-electron chi connectivity index (χ4n) is 5.12. The van der Waals surface area contributed by atoms with Crippen LogP contribution in [-0.4, -0.2) is 64.0 Å². The molecule has 2 saturated heterocycles. The molecule has 1 aromatic carbocycles. The van der Waals surface area contributed by atoms with Gasteiger partial charge in [-0.2, -0.15) is 5.10 Å². The molecular weight excluding hydrogens is 336 g/mol. The first kappa shape index (κ1) is 18.7. The molecule has 0 saturated carbocycles. The van der Waals surface area contributed by atoms with Crippen LogP contribution in [-0.2, 0) is 6.54 Å². The number of piperidine rings is 2. The van der Waals surface area contributed by atoms with Crippen molar-refractivity contribution in [3.8, 4) is 5.69 Å². The van der Waals surface area contributed by atoms with Gasteiger partial charge in [-0.1, -0.05) is 18.2 Å². The van der Waals surface area contributed by atoms with Gasteiger partial charge in [0, 0.05) is 35.8 Å². The summed E-state index contributed by atoms with van der Waals surface area (Å²) in [7, 11) is 2.21. The zero-order valence-corrected chi connectivity index (χ0v) is 16.9. The number of fused-ring (bicyclic) bond motifs is 1. The monoisotopic (exact) mass is 368 g/mol. The molecule has 1 aromatic heterocycles. The maximum atomic E-state index is 10.2. The van der Waals surface area contributed by atoms with Crippen molar-refractivity contribution in [3.63, 3.8) is 0 Å². The largest absolute Gasteiger partial charge is 0.396 e. The first-order valence-electron chi connectivity index (χ1n) is 10.2. The molecule has 2 aliphatic heterocycles. The molecule has 2 fully saturated rings. The van der Waals surface area contributed by atoms with E-state index in [4.69, 9.17) is 5.10 Å². The third kappa shape index (κ3) is 3.33. The number of benzene rings is 1. The van der Waals surface area contributed by atoms with E-state index in [1.54, 1.807) is 0 Å². The van der Waals surface area contributed by atoms with Crippen molar-refractivity contribution in [1.29, 1.82) is 0 Å². The lowest BCUT2D eigenvalue weighted by atomic mass is 9.69. The van der Waals surface area contributed by atoms with E-state index in [1.807, 2.05) is 6.07 Å². The molecule has 0 spiro atoms. The van der Waals surface area contributed by atoms with Gasteiger partial charge in [-0.3, -0.25) is 4.90 Å². The summed E-state index contributed by atoms with van der Waals surface area (Å²) in [6.45, 7) is 8.78. The van der Waals surface area contributed by atoms with Crippen LogP contribution in [0.15, 0.2) is 30.3 Å². The number of aromatic nitrogens is 2. The Morgan fingerprint density at radius 2 is 1.93 bits per heavy atom. The standard InChI is InChI=1S/C22H32N4O/c1-17-20(18(2)26(23-17)19-8-5-4-6-9-19)14-25-12-7-10-22(16-27)11-13-24(3)15-21(22)25/h4-6,8-9,21,27H,7,10-16H2,1-3H3/t21-,22-/m1/s1. The molecule has 4 rings (SSSR count).